The Labute approximate surface area is 118 Å². The second-order valence-corrected chi connectivity index (χ2v) is 5.61. The lowest BCUT2D eigenvalue weighted by Crippen LogP contribution is -2.34. The van der Waals surface area contributed by atoms with E-state index in [2.05, 4.69) is 5.32 Å². The molecule has 0 saturated carbocycles. The van der Waals surface area contributed by atoms with Gasteiger partial charge in [-0.05, 0) is 44.5 Å². The van der Waals surface area contributed by atoms with E-state index in [1.807, 2.05) is 26.8 Å². The van der Waals surface area contributed by atoms with Crippen LogP contribution in [0, 0.1) is 6.92 Å². The van der Waals surface area contributed by atoms with Crippen LogP contribution in [0.4, 0.5) is 0 Å². The van der Waals surface area contributed by atoms with E-state index in [9.17, 15) is 4.79 Å². The molecule has 2 rings (SSSR count). The minimum Gasteiger partial charge on any atom is -0.349 e. The van der Waals surface area contributed by atoms with Crippen LogP contribution in [-0.2, 0) is 9.47 Å². The van der Waals surface area contributed by atoms with E-state index in [0.717, 1.165) is 5.56 Å². The number of benzene rings is 1. The molecule has 5 heteroatoms. The summed E-state index contributed by atoms with van der Waals surface area (Å²) in [6.07, 6.45) is -0.112. The fourth-order valence-corrected chi connectivity index (χ4v) is 2.33. The monoisotopic (exact) mass is 283 g/mol. The van der Waals surface area contributed by atoms with Gasteiger partial charge in [-0.25, -0.2) is 0 Å². The van der Waals surface area contributed by atoms with Crippen molar-refractivity contribution in [3.63, 3.8) is 0 Å². The zero-order chi connectivity index (χ0) is 14.0. The van der Waals surface area contributed by atoms with Gasteiger partial charge >= 0.3 is 0 Å². The van der Waals surface area contributed by atoms with Crippen LogP contribution in [0.1, 0.15) is 29.8 Å². The highest BCUT2D eigenvalue weighted by Crippen LogP contribution is 2.21. The van der Waals surface area contributed by atoms with Crippen molar-refractivity contribution >= 4 is 17.5 Å². The van der Waals surface area contributed by atoms with Crippen molar-refractivity contribution in [1.82, 2.24) is 5.32 Å². The molecule has 1 amide bonds. The molecule has 1 atom stereocenters. The molecule has 1 unspecified atom stereocenters. The molecule has 4 nitrogen and oxygen atoms in total. The molecule has 1 aliphatic rings. The number of nitrogens with one attached hydrogen (secondary N) is 1. The van der Waals surface area contributed by atoms with Gasteiger partial charge in [0.05, 0.1) is 6.61 Å². The van der Waals surface area contributed by atoms with Gasteiger partial charge < -0.3 is 14.8 Å². The van der Waals surface area contributed by atoms with Crippen LogP contribution in [0.15, 0.2) is 18.2 Å². The average molecular weight is 284 g/mol. The van der Waals surface area contributed by atoms with Gasteiger partial charge in [-0.15, -0.1) is 0 Å². The molecule has 104 valence electrons. The Balaban J connectivity index is 1.91. The number of halogens is 1. The van der Waals surface area contributed by atoms with E-state index in [4.69, 9.17) is 21.1 Å². The first-order chi connectivity index (χ1) is 8.85. The molecule has 1 aromatic rings. The summed E-state index contributed by atoms with van der Waals surface area (Å²) in [5, 5.41) is 3.39. The SMILES string of the molecule is Cc1cc(Cl)cc(C(=O)NCC2COC(C)(C)O2)c1. The molecule has 1 aliphatic heterocycles. The lowest BCUT2D eigenvalue weighted by Gasteiger charge is -2.17. The van der Waals surface area contributed by atoms with Gasteiger partial charge in [0.2, 0.25) is 0 Å². The molecule has 0 aliphatic carbocycles. The number of hydrogen-bond acceptors (Lipinski definition) is 3. The highest BCUT2D eigenvalue weighted by atomic mass is 35.5. The highest BCUT2D eigenvalue weighted by Gasteiger charge is 2.32. The smallest absolute Gasteiger partial charge is 0.251 e. The average Bonchev–Trinajstić information content (AvgIpc) is 2.64. The summed E-state index contributed by atoms with van der Waals surface area (Å²) < 4.78 is 11.1. The van der Waals surface area contributed by atoms with E-state index < -0.39 is 5.79 Å². The number of carbonyl (C=O) groups excluding carboxylic acids is 1. The third-order valence-electron chi connectivity index (χ3n) is 2.86. The van der Waals surface area contributed by atoms with Gasteiger partial charge in [0.15, 0.2) is 5.79 Å². The van der Waals surface area contributed by atoms with Crippen LogP contribution in [0.25, 0.3) is 0 Å². The van der Waals surface area contributed by atoms with Crippen LogP contribution in [0.2, 0.25) is 5.02 Å². The van der Waals surface area contributed by atoms with Crippen molar-refractivity contribution in [2.75, 3.05) is 13.2 Å². The van der Waals surface area contributed by atoms with Crippen molar-refractivity contribution in [2.24, 2.45) is 0 Å². The normalized spacial score (nSPS) is 21.4. The maximum atomic E-state index is 12.0. The van der Waals surface area contributed by atoms with Crippen molar-refractivity contribution in [3.05, 3.63) is 34.3 Å². The van der Waals surface area contributed by atoms with E-state index >= 15 is 0 Å². The third kappa shape index (κ3) is 3.93. The molecule has 0 spiro atoms. The Kier molecular flexibility index (Phi) is 4.13. The molecule has 0 bridgehead atoms. The van der Waals surface area contributed by atoms with Gasteiger partial charge in [-0.1, -0.05) is 11.6 Å². The molecule has 1 N–H and O–H groups in total. The van der Waals surface area contributed by atoms with Crippen molar-refractivity contribution in [3.8, 4) is 0 Å². The van der Waals surface area contributed by atoms with Crippen LogP contribution >= 0.6 is 11.6 Å². The fourth-order valence-electron chi connectivity index (χ4n) is 2.04. The topological polar surface area (TPSA) is 47.6 Å². The van der Waals surface area contributed by atoms with Crippen molar-refractivity contribution in [1.29, 1.82) is 0 Å². The van der Waals surface area contributed by atoms with Gasteiger partial charge in [0.1, 0.15) is 6.10 Å². The quantitative estimate of drug-likeness (QED) is 0.927. The standard InChI is InChI=1S/C14H18ClNO3/c1-9-4-10(6-11(15)5-9)13(17)16-7-12-8-18-14(2,3)19-12/h4-6,12H,7-8H2,1-3H3,(H,16,17). The molecule has 1 fully saturated rings. The van der Waals surface area contributed by atoms with Gasteiger partial charge in [-0.2, -0.15) is 0 Å². The Bertz CT molecular complexity index is 467. The number of carbonyl (C=O) groups is 1. The largest absolute Gasteiger partial charge is 0.349 e. The van der Waals surface area contributed by atoms with E-state index in [1.54, 1.807) is 12.1 Å². The summed E-state index contributed by atoms with van der Waals surface area (Å²) in [5.74, 6) is -0.721. The minimum atomic E-state index is -0.567. The number of aryl methyl sites for hydroxylation is 1. The van der Waals surface area contributed by atoms with Crippen LogP contribution in [-0.4, -0.2) is 30.9 Å². The Morgan fingerprint density at radius 2 is 2.21 bits per heavy atom. The lowest BCUT2D eigenvalue weighted by atomic mass is 10.1. The van der Waals surface area contributed by atoms with Crippen molar-refractivity contribution < 1.29 is 14.3 Å². The highest BCUT2D eigenvalue weighted by molar-refractivity contribution is 6.31. The maximum absolute atomic E-state index is 12.0. The van der Waals surface area contributed by atoms with Crippen molar-refractivity contribution in [2.45, 2.75) is 32.7 Å². The predicted molar refractivity (Wildman–Crippen MR) is 73.4 cm³/mol. The van der Waals surface area contributed by atoms with E-state index in [0.29, 0.717) is 23.7 Å². The number of hydrogen-bond donors (Lipinski definition) is 1. The van der Waals surface area contributed by atoms with E-state index in [-0.39, 0.29) is 12.0 Å². The summed E-state index contributed by atoms with van der Waals surface area (Å²) >= 11 is 5.93. The van der Waals surface area contributed by atoms with Gasteiger partial charge in [0.25, 0.3) is 5.91 Å². The first-order valence-corrected chi connectivity index (χ1v) is 6.61. The second-order valence-electron chi connectivity index (χ2n) is 5.18. The van der Waals surface area contributed by atoms with Crippen LogP contribution < -0.4 is 5.32 Å². The molecular weight excluding hydrogens is 266 g/mol. The summed E-state index contributed by atoms with van der Waals surface area (Å²) in [5.41, 5.74) is 1.52. The summed E-state index contributed by atoms with van der Waals surface area (Å²) in [6, 6.07) is 5.27. The number of amides is 1. The van der Waals surface area contributed by atoms with Gasteiger partial charge in [0, 0.05) is 17.1 Å². The second kappa shape index (κ2) is 5.49. The molecular formula is C14H18ClNO3. The molecule has 1 saturated heterocycles. The van der Waals surface area contributed by atoms with E-state index in [1.165, 1.54) is 0 Å². The van der Waals surface area contributed by atoms with Gasteiger partial charge in [-0.3, -0.25) is 4.79 Å². The molecule has 0 aromatic heterocycles. The lowest BCUT2D eigenvalue weighted by molar-refractivity contribution is -0.137. The molecule has 1 aromatic carbocycles. The number of ether oxygens (including phenoxy) is 2. The molecule has 19 heavy (non-hydrogen) atoms. The summed E-state index contributed by atoms with van der Waals surface area (Å²) in [6.45, 7) is 6.53. The predicted octanol–water partition coefficient (Wildman–Crippen LogP) is 2.53. The number of rotatable bonds is 3. The fraction of sp³-hybridized carbons (Fsp3) is 0.500. The third-order valence-corrected chi connectivity index (χ3v) is 3.08. The zero-order valence-electron chi connectivity index (χ0n) is 11.3. The summed E-state index contributed by atoms with van der Waals surface area (Å²) in [4.78, 5) is 12.0. The summed E-state index contributed by atoms with van der Waals surface area (Å²) in [7, 11) is 0. The van der Waals surface area contributed by atoms with Crippen LogP contribution in [0.5, 0.6) is 0 Å². The first-order valence-electron chi connectivity index (χ1n) is 6.23. The Morgan fingerprint density at radius 1 is 1.47 bits per heavy atom. The molecule has 0 radical (unpaired) electrons. The van der Waals surface area contributed by atoms with Crippen LogP contribution in [0.3, 0.4) is 0 Å². The zero-order valence-corrected chi connectivity index (χ0v) is 12.1. The Morgan fingerprint density at radius 3 is 2.79 bits per heavy atom. The molecule has 1 heterocycles. The minimum absolute atomic E-state index is 0.112. The first kappa shape index (κ1) is 14.3. The Hall–Kier alpha value is -1.10. The maximum Gasteiger partial charge on any atom is 0.251 e.